The van der Waals surface area contributed by atoms with Crippen LogP contribution in [0.5, 0.6) is 0 Å². The number of hydrogen-bond acceptors (Lipinski definition) is 4. The molecule has 1 heterocycles. The van der Waals surface area contributed by atoms with E-state index in [1.807, 2.05) is 0 Å². The van der Waals surface area contributed by atoms with Crippen molar-refractivity contribution in [1.82, 2.24) is 9.78 Å². The summed E-state index contributed by atoms with van der Waals surface area (Å²) in [5, 5.41) is 4.49. The number of halogens is 3. The third-order valence-electron chi connectivity index (χ3n) is 4.53. The van der Waals surface area contributed by atoms with Crippen molar-refractivity contribution in [1.29, 1.82) is 0 Å². The Morgan fingerprint density at radius 3 is 2.20 bits per heavy atom. The molecule has 1 aromatic heterocycles. The fourth-order valence-corrected chi connectivity index (χ4v) is 3.62. The summed E-state index contributed by atoms with van der Waals surface area (Å²) in [7, 11) is -3.35. The van der Waals surface area contributed by atoms with Gasteiger partial charge in [0.1, 0.15) is 6.29 Å². The predicted molar refractivity (Wildman–Crippen MR) is 106 cm³/mol. The van der Waals surface area contributed by atoms with E-state index in [-0.39, 0.29) is 4.90 Å². The fraction of sp³-hybridized carbons (Fsp3) is 0.238. The van der Waals surface area contributed by atoms with Gasteiger partial charge in [0.25, 0.3) is 0 Å². The molecule has 0 saturated heterocycles. The Bertz CT molecular complexity index is 1130. The predicted octanol–water partition coefficient (Wildman–Crippen LogP) is 4.48. The second-order valence-electron chi connectivity index (χ2n) is 6.83. The Kier molecular flexibility index (Phi) is 6.12. The zero-order valence-electron chi connectivity index (χ0n) is 16.1. The third kappa shape index (κ3) is 4.96. The summed E-state index contributed by atoms with van der Waals surface area (Å²) in [6, 6.07) is 12.6. The van der Waals surface area contributed by atoms with Crippen LogP contribution in [0.3, 0.4) is 0 Å². The normalized spacial score (nSPS) is 12.1. The lowest BCUT2D eigenvalue weighted by molar-refractivity contribution is -0.137. The number of aldehydes is 1. The minimum Gasteiger partial charge on any atom is -0.303 e. The highest BCUT2D eigenvalue weighted by Gasteiger charge is 2.30. The number of nitrogens with zero attached hydrogens (tertiary/aromatic N) is 2. The van der Waals surface area contributed by atoms with E-state index in [4.69, 9.17) is 0 Å². The Morgan fingerprint density at radius 1 is 1.03 bits per heavy atom. The van der Waals surface area contributed by atoms with E-state index in [1.54, 1.807) is 18.2 Å². The van der Waals surface area contributed by atoms with Crippen LogP contribution in [0.25, 0.3) is 16.9 Å². The summed E-state index contributed by atoms with van der Waals surface area (Å²) in [5.41, 5.74) is 1.63. The van der Waals surface area contributed by atoms with Crippen LogP contribution in [0.4, 0.5) is 13.2 Å². The molecular weight excluding hydrogens is 417 g/mol. The van der Waals surface area contributed by atoms with Crippen molar-refractivity contribution in [3.05, 3.63) is 65.9 Å². The monoisotopic (exact) mass is 436 g/mol. The molecule has 30 heavy (non-hydrogen) atoms. The SMILES string of the molecule is CS(=O)(=O)c1ccc(-c2cc(CCCC=O)nn2-c2ccc(C(F)(F)F)cc2)cc1. The zero-order chi connectivity index (χ0) is 21.9. The van der Waals surface area contributed by atoms with Crippen LogP contribution < -0.4 is 0 Å². The maximum atomic E-state index is 12.9. The van der Waals surface area contributed by atoms with Gasteiger partial charge in [0.2, 0.25) is 0 Å². The summed E-state index contributed by atoms with van der Waals surface area (Å²) in [5.74, 6) is 0. The smallest absolute Gasteiger partial charge is 0.303 e. The average molecular weight is 436 g/mol. The van der Waals surface area contributed by atoms with Gasteiger partial charge in [-0.25, -0.2) is 13.1 Å². The minimum atomic E-state index is -4.44. The fourth-order valence-electron chi connectivity index (χ4n) is 2.99. The summed E-state index contributed by atoms with van der Waals surface area (Å²) in [6.45, 7) is 0. The Balaban J connectivity index is 2.04. The molecule has 0 bridgehead atoms. The molecule has 0 aliphatic heterocycles. The van der Waals surface area contributed by atoms with Crippen molar-refractivity contribution in [2.45, 2.75) is 30.3 Å². The molecule has 9 heteroatoms. The Labute approximate surface area is 172 Å². The summed E-state index contributed by atoms with van der Waals surface area (Å²) >= 11 is 0. The van der Waals surface area contributed by atoms with Gasteiger partial charge in [0.05, 0.1) is 27.5 Å². The van der Waals surface area contributed by atoms with Crippen LogP contribution in [0.1, 0.15) is 24.1 Å². The highest BCUT2D eigenvalue weighted by atomic mass is 32.2. The topological polar surface area (TPSA) is 69.0 Å². The third-order valence-corrected chi connectivity index (χ3v) is 5.66. The van der Waals surface area contributed by atoms with Crippen LogP contribution in [-0.2, 0) is 27.2 Å². The first-order valence-corrected chi connectivity index (χ1v) is 11.0. The molecule has 0 amide bonds. The van der Waals surface area contributed by atoms with Crippen LogP contribution >= 0.6 is 0 Å². The minimum absolute atomic E-state index is 0.165. The molecule has 3 aromatic rings. The van der Waals surface area contributed by atoms with E-state index in [9.17, 15) is 26.4 Å². The molecule has 2 aromatic carbocycles. The van der Waals surface area contributed by atoms with Gasteiger partial charge in [-0.15, -0.1) is 0 Å². The first-order valence-electron chi connectivity index (χ1n) is 9.10. The Hall–Kier alpha value is -2.94. The number of sulfone groups is 1. The number of hydrogen-bond donors (Lipinski definition) is 0. The standard InChI is InChI=1S/C21H19F3N2O3S/c1-30(28,29)19-11-5-15(6-12-19)20-14-17(4-2-3-13-27)25-26(20)18-9-7-16(8-10-18)21(22,23)24/h5-14H,2-4H2,1H3. The van der Waals surface area contributed by atoms with Crippen molar-refractivity contribution in [2.75, 3.05) is 6.26 Å². The van der Waals surface area contributed by atoms with Crippen LogP contribution in [-0.4, -0.2) is 30.7 Å². The number of aryl methyl sites for hydroxylation is 1. The van der Waals surface area contributed by atoms with Gasteiger partial charge in [0.15, 0.2) is 9.84 Å². The highest BCUT2D eigenvalue weighted by molar-refractivity contribution is 7.90. The number of rotatable bonds is 7. The quantitative estimate of drug-likeness (QED) is 0.404. The van der Waals surface area contributed by atoms with E-state index in [0.717, 1.165) is 24.7 Å². The molecular formula is C21H19F3N2O3S. The van der Waals surface area contributed by atoms with Gasteiger partial charge in [-0.05, 0) is 55.3 Å². The number of carbonyl (C=O) groups excluding carboxylic acids is 1. The number of benzene rings is 2. The second kappa shape index (κ2) is 8.43. The number of unbranched alkanes of at least 4 members (excludes halogenated alkanes) is 1. The molecule has 0 aliphatic carbocycles. The van der Waals surface area contributed by atoms with Crippen LogP contribution in [0, 0.1) is 0 Å². The zero-order valence-corrected chi connectivity index (χ0v) is 16.9. The largest absolute Gasteiger partial charge is 0.416 e. The van der Waals surface area contributed by atoms with E-state index in [1.165, 1.54) is 28.9 Å². The maximum Gasteiger partial charge on any atom is 0.416 e. The molecule has 0 saturated carbocycles. The molecule has 0 atom stereocenters. The number of carbonyl (C=O) groups is 1. The van der Waals surface area contributed by atoms with Crippen molar-refractivity contribution < 1.29 is 26.4 Å². The molecule has 0 unspecified atom stereocenters. The molecule has 0 radical (unpaired) electrons. The summed E-state index contributed by atoms with van der Waals surface area (Å²) in [6.07, 6.45) is -1.00. The van der Waals surface area contributed by atoms with Crippen molar-refractivity contribution >= 4 is 16.1 Å². The molecule has 0 N–H and O–H groups in total. The molecule has 0 spiro atoms. The van der Waals surface area contributed by atoms with Crippen LogP contribution in [0.2, 0.25) is 0 Å². The van der Waals surface area contributed by atoms with Crippen molar-refractivity contribution in [3.8, 4) is 16.9 Å². The molecule has 158 valence electrons. The molecule has 0 fully saturated rings. The van der Waals surface area contributed by atoms with Gasteiger partial charge in [-0.2, -0.15) is 18.3 Å². The van der Waals surface area contributed by atoms with Crippen LogP contribution in [0.15, 0.2) is 59.5 Å². The first-order chi connectivity index (χ1) is 14.1. The molecule has 3 rings (SSSR count). The lowest BCUT2D eigenvalue weighted by Gasteiger charge is -2.10. The van der Waals surface area contributed by atoms with E-state index >= 15 is 0 Å². The van der Waals surface area contributed by atoms with E-state index in [0.29, 0.717) is 41.9 Å². The van der Waals surface area contributed by atoms with E-state index in [2.05, 4.69) is 5.10 Å². The van der Waals surface area contributed by atoms with Gasteiger partial charge in [0, 0.05) is 18.2 Å². The molecule has 0 aliphatic rings. The summed E-state index contributed by atoms with van der Waals surface area (Å²) < 4.78 is 63.5. The van der Waals surface area contributed by atoms with Gasteiger partial charge >= 0.3 is 6.18 Å². The lowest BCUT2D eigenvalue weighted by atomic mass is 10.1. The molecule has 5 nitrogen and oxygen atoms in total. The second-order valence-corrected chi connectivity index (χ2v) is 8.85. The first kappa shape index (κ1) is 21.8. The van der Waals surface area contributed by atoms with Crippen molar-refractivity contribution in [2.24, 2.45) is 0 Å². The summed E-state index contributed by atoms with van der Waals surface area (Å²) in [4.78, 5) is 10.7. The average Bonchev–Trinajstić information content (AvgIpc) is 3.11. The van der Waals surface area contributed by atoms with Gasteiger partial charge in [-0.3, -0.25) is 0 Å². The maximum absolute atomic E-state index is 12.9. The number of alkyl halides is 3. The lowest BCUT2D eigenvalue weighted by Crippen LogP contribution is -2.06. The van der Waals surface area contributed by atoms with Crippen molar-refractivity contribution in [3.63, 3.8) is 0 Å². The highest BCUT2D eigenvalue weighted by Crippen LogP contribution is 2.31. The number of aromatic nitrogens is 2. The van der Waals surface area contributed by atoms with Gasteiger partial charge in [-0.1, -0.05) is 12.1 Å². The van der Waals surface area contributed by atoms with E-state index < -0.39 is 21.6 Å². The Morgan fingerprint density at radius 2 is 1.67 bits per heavy atom. The van der Waals surface area contributed by atoms with Gasteiger partial charge < -0.3 is 4.79 Å².